The van der Waals surface area contributed by atoms with Gasteiger partial charge in [-0.25, -0.2) is 8.78 Å². The Hall–Kier alpha value is -1.98. The molecule has 6 heteroatoms. The van der Waals surface area contributed by atoms with E-state index < -0.39 is 35.5 Å². The molecule has 0 saturated heterocycles. The first-order valence-electron chi connectivity index (χ1n) is 5.88. The normalized spacial score (nSPS) is 22.7. The lowest BCUT2D eigenvalue weighted by atomic mass is 10.1. The van der Waals surface area contributed by atoms with Gasteiger partial charge in [-0.1, -0.05) is 0 Å². The van der Waals surface area contributed by atoms with Crippen molar-refractivity contribution < 1.29 is 23.5 Å². The Labute approximate surface area is 108 Å². The Morgan fingerprint density at radius 2 is 2.11 bits per heavy atom. The molecule has 3 unspecified atom stereocenters. The van der Waals surface area contributed by atoms with Crippen LogP contribution in [0.5, 0.6) is 0 Å². The lowest BCUT2D eigenvalue weighted by Gasteiger charge is -2.09. The van der Waals surface area contributed by atoms with E-state index in [1.807, 2.05) is 0 Å². The van der Waals surface area contributed by atoms with E-state index in [0.29, 0.717) is 6.42 Å². The molecule has 4 nitrogen and oxygen atoms in total. The Morgan fingerprint density at radius 3 is 2.74 bits per heavy atom. The highest BCUT2D eigenvalue weighted by atomic mass is 19.1. The van der Waals surface area contributed by atoms with Gasteiger partial charge in [-0.05, 0) is 43.0 Å². The van der Waals surface area contributed by atoms with Crippen LogP contribution in [0.25, 0.3) is 0 Å². The van der Waals surface area contributed by atoms with Crippen LogP contribution in [0, 0.1) is 17.6 Å². The summed E-state index contributed by atoms with van der Waals surface area (Å²) in [5.41, 5.74) is 0.170. The fourth-order valence-electron chi connectivity index (χ4n) is 2.01. The number of halogens is 2. The third-order valence-electron chi connectivity index (χ3n) is 3.21. The van der Waals surface area contributed by atoms with Crippen molar-refractivity contribution in [2.75, 3.05) is 0 Å². The number of aliphatic carboxylic acids is 1. The van der Waals surface area contributed by atoms with Gasteiger partial charge >= 0.3 is 5.97 Å². The largest absolute Gasteiger partial charge is 0.480 e. The highest BCUT2D eigenvalue weighted by molar-refractivity contribution is 5.87. The van der Waals surface area contributed by atoms with Gasteiger partial charge in [-0.2, -0.15) is 0 Å². The summed E-state index contributed by atoms with van der Waals surface area (Å²) in [6.07, 6.45) is 0.401. The van der Waals surface area contributed by atoms with Gasteiger partial charge in [-0.3, -0.25) is 9.59 Å². The maximum absolute atomic E-state index is 13.5. The van der Waals surface area contributed by atoms with E-state index in [-0.39, 0.29) is 11.5 Å². The van der Waals surface area contributed by atoms with E-state index in [9.17, 15) is 18.4 Å². The third kappa shape index (κ3) is 2.89. The molecule has 1 aliphatic carbocycles. The van der Waals surface area contributed by atoms with E-state index in [1.165, 1.54) is 6.92 Å². The number of rotatable bonds is 4. The average Bonchev–Trinajstić information content (AvgIpc) is 3.12. The molecule has 1 amide bonds. The van der Waals surface area contributed by atoms with Gasteiger partial charge in [0.15, 0.2) is 0 Å². The zero-order valence-corrected chi connectivity index (χ0v) is 10.2. The number of hydrogen-bond acceptors (Lipinski definition) is 2. The van der Waals surface area contributed by atoms with Crippen LogP contribution in [0.15, 0.2) is 18.2 Å². The summed E-state index contributed by atoms with van der Waals surface area (Å²) >= 11 is 0. The van der Waals surface area contributed by atoms with Crippen molar-refractivity contribution >= 4 is 11.9 Å². The van der Waals surface area contributed by atoms with Gasteiger partial charge in [0.05, 0.1) is 0 Å². The Kier molecular flexibility index (Phi) is 3.50. The quantitative estimate of drug-likeness (QED) is 0.873. The summed E-state index contributed by atoms with van der Waals surface area (Å²) in [5, 5.41) is 11.0. The molecule has 2 N–H and O–H groups in total. The molecule has 1 aliphatic rings. The van der Waals surface area contributed by atoms with E-state index in [1.54, 1.807) is 0 Å². The SMILES string of the molecule is CC(NC(=O)C1CC1c1cc(F)ccc1F)C(=O)O. The predicted octanol–water partition coefficient (Wildman–Crippen LogP) is 1.66. The molecule has 1 aromatic carbocycles. The van der Waals surface area contributed by atoms with E-state index in [0.717, 1.165) is 18.2 Å². The van der Waals surface area contributed by atoms with Crippen molar-refractivity contribution in [2.24, 2.45) is 5.92 Å². The van der Waals surface area contributed by atoms with Crippen LogP contribution >= 0.6 is 0 Å². The second-order valence-corrected chi connectivity index (χ2v) is 4.68. The monoisotopic (exact) mass is 269 g/mol. The first-order chi connectivity index (χ1) is 8.90. The Bertz CT molecular complexity index is 533. The van der Waals surface area contributed by atoms with Crippen LogP contribution in [0.2, 0.25) is 0 Å². The molecule has 102 valence electrons. The molecule has 0 spiro atoms. The van der Waals surface area contributed by atoms with E-state index in [2.05, 4.69) is 5.32 Å². The van der Waals surface area contributed by atoms with Crippen LogP contribution in [-0.4, -0.2) is 23.0 Å². The number of hydrogen-bond donors (Lipinski definition) is 2. The van der Waals surface area contributed by atoms with E-state index >= 15 is 0 Å². The van der Waals surface area contributed by atoms with Crippen molar-refractivity contribution in [3.63, 3.8) is 0 Å². The number of nitrogens with one attached hydrogen (secondary N) is 1. The summed E-state index contributed by atoms with van der Waals surface area (Å²) in [6, 6.07) is 2.13. The molecule has 0 aliphatic heterocycles. The van der Waals surface area contributed by atoms with Gasteiger partial charge < -0.3 is 10.4 Å². The molecule has 3 atom stereocenters. The molecule has 1 fully saturated rings. The second kappa shape index (κ2) is 4.95. The number of carbonyl (C=O) groups is 2. The number of benzene rings is 1. The molecule has 0 bridgehead atoms. The number of carboxylic acids is 1. The van der Waals surface area contributed by atoms with Gasteiger partial charge in [-0.15, -0.1) is 0 Å². The minimum Gasteiger partial charge on any atom is -0.480 e. The zero-order chi connectivity index (χ0) is 14.2. The molecule has 0 heterocycles. The van der Waals surface area contributed by atoms with Crippen LogP contribution < -0.4 is 5.32 Å². The van der Waals surface area contributed by atoms with Crippen LogP contribution in [-0.2, 0) is 9.59 Å². The fraction of sp³-hybridized carbons (Fsp3) is 0.385. The van der Waals surface area contributed by atoms with Crippen molar-refractivity contribution in [3.05, 3.63) is 35.4 Å². The maximum atomic E-state index is 13.5. The minimum atomic E-state index is -1.14. The predicted molar refractivity (Wildman–Crippen MR) is 62.4 cm³/mol. The number of carboxylic acid groups (broad SMARTS) is 1. The smallest absolute Gasteiger partial charge is 0.325 e. The van der Waals surface area contributed by atoms with E-state index in [4.69, 9.17) is 5.11 Å². The average molecular weight is 269 g/mol. The second-order valence-electron chi connectivity index (χ2n) is 4.68. The van der Waals surface area contributed by atoms with Crippen LogP contribution in [0.1, 0.15) is 24.8 Å². The minimum absolute atomic E-state index is 0.170. The Balaban J connectivity index is 2.02. The highest BCUT2D eigenvalue weighted by Gasteiger charge is 2.45. The number of carbonyl (C=O) groups excluding carboxylic acids is 1. The molecule has 2 rings (SSSR count). The summed E-state index contributed by atoms with van der Waals surface area (Å²) in [4.78, 5) is 22.3. The standard InChI is InChI=1S/C13H13F2NO3/c1-6(13(18)19)16-12(17)10-5-8(10)9-4-7(14)2-3-11(9)15/h2-4,6,8,10H,5H2,1H3,(H,16,17)(H,18,19). The van der Waals surface area contributed by atoms with Gasteiger partial charge in [0.25, 0.3) is 0 Å². The fourth-order valence-corrected chi connectivity index (χ4v) is 2.01. The Morgan fingerprint density at radius 1 is 1.42 bits per heavy atom. The zero-order valence-electron chi connectivity index (χ0n) is 10.2. The van der Waals surface area contributed by atoms with Crippen LogP contribution in [0.3, 0.4) is 0 Å². The molecule has 0 aromatic heterocycles. The van der Waals surface area contributed by atoms with Gasteiger partial charge in [0.2, 0.25) is 5.91 Å². The lowest BCUT2D eigenvalue weighted by molar-refractivity contribution is -0.141. The summed E-state index contributed by atoms with van der Waals surface area (Å²) in [6.45, 7) is 1.35. The van der Waals surface area contributed by atoms with Crippen molar-refractivity contribution in [1.82, 2.24) is 5.32 Å². The maximum Gasteiger partial charge on any atom is 0.325 e. The van der Waals surface area contributed by atoms with Crippen molar-refractivity contribution in [1.29, 1.82) is 0 Å². The van der Waals surface area contributed by atoms with Crippen molar-refractivity contribution in [3.8, 4) is 0 Å². The molecular weight excluding hydrogens is 256 g/mol. The molecule has 1 aromatic rings. The first kappa shape index (κ1) is 13.5. The molecular formula is C13H13F2NO3. The number of amides is 1. The summed E-state index contributed by atoms with van der Waals surface area (Å²) in [5.74, 6) is -3.55. The van der Waals surface area contributed by atoms with Crippen molar-refractivity contribution in [2.45, 2.75) is 25.3 Å². The topological polar surface area (TPSA) is 66.4 Å². The molecule has 1 saturated carbocycles. The summed E-state index contributed by atoms with van der Waals surface area (Å²) < 4.78 is 26.5. The first-order valence-corrected chi connectivity index (χ1v) is 5.88. The van der Waals surface area contributed by atoms with Gasteiger partial charge in [0, 0.05) is 5.92 Å². The lowest BCUT2D eigenvalue weighted by Crippen LogP contribution is -2.39. The van der Waals surface area contributed by atoms with Gasteiger partial charge in [0.1, 0.15) is 17.7 Å². The third-order valence-corrected chi connectivity index (χ3v) is 3.21. The summed E-state index contributed by atoms with van der Waals surface area (Å²) in [7, 11) is 0. The van der Waals surface area contributed by atoms with Crippen LogP contribution in [0.4, 0.5) is 8.78 Å². The molecule has 0 radical (unpaired) electrons. The highest BCUT2D eigenvalue weighted by Crippen LogP contribution is 2.48. The molecule has 19 heavy (non-hydrogen) atoms.